The number of amides is 1. The van der Waals surface area contributed by atoms with Gasteiger partial charge in [-0.2, -0.15) is 0 Å². The predicted molar refractivity (Wildman–Crippen MR) is 138 cm³/mol. The maximum Gasteiger partial charge on any atom is 0.232 e. The SMILES string of the molecule is COc1cc(CC(=O)N(C)c2cc(Cc3cccc(N4CCN(C)CC4)c3)ncn2)cc(OC)c1. The Morgan fingerprint density at radius 2 is 1.66 bits per heavy atom. The molecule has 1 aliphatic rings. The van der Waals surface area contributed by atoms with Crippen LogP contribution in [0.1, 0.15) is 16.8 Å². The molecule has 3 aromatic rings. The van der Waals surface area contributed by atoms with Gasteiger partial charge in [-0.1, -0.05) is 12.1 Å². The molecule has 0 saturated carbocycles. The molecular formula is C27H33N5O3. The Kier molecular flexibility index (Phi) is 7.82. The van der Waals surface area contributed by atoms with E-state index in [1.807, 2.05) is 18.2 Å². The quantitative estimate of drug-likeness (QED) is 0.496. The lowest BCUT2D eigenvalue weighted by atomic mass is 10.1. The Hall–Kier alpha value is -3.65. The van der Waals surface area contributed by atoms with Crippen molar-refractivity contribution in [3.8, 4) is 11.5 Å². The van der Waals surface area contributed by atoms with Crippen LogP contribution in [-0.2, 0) is 17.6 Å². The summed E-state index contributed by atoms with van der Waals surface area (Å²) in [5.41, 5.74) is 4.11. The Balaban J connectivity index is 1.44. The first-order valence-electron chi connectivity index (χ1n) is 11.8. The first kappa shape index (κ1) is 24.5. The van der Waals surface area contributed by atoms with Crippen molar-refractivity contribution < 1.29 is 14.3 Å². The Morgan fingerprint density at radius 3 is 2.34 bits per heavy atom. The average molecular weight is 476 g/mol. The molecule has 1 fully saturated rings. The molecule has 1 aliphatic heterocycles. The van der Waals surface area contributed by atoms with E-state index in [1.165, 1.54) is 17.6 Å². The summed E-state index contributed by atoms with van der Waals surface area (Å²) in [5, 5.41) is 0. The summed E-state index contributed by atoms with van der Waals surface area (Å²) >= 11 is 0. The van der Waals surface area contributed by atoms with Crippen molar-refractivity contribution in [1.82, 2.24) is 14.9 Å². The summed E-state index contributed by atoms with van der Waals surface area (Å²) in [6.45, 7) is 4.21. The fraction of sp³-hybridized carbons (Fsp3) is 0.370. The number of anilines is 2. The largest absolute Gasteiger partial charge is 0.497 e. The highest BCUT2D eigenvalue weighted by atomic mass is 16.5. The summed E-state index contributed by atoms with van der Waals surface area (Å²) in [6.07, 6.45) is 2.40. The molecule has 8 heteroatoms. The molecule has 1 amide bonds. The van der Waals surface area contributed by atoms with E-state index in [-0.39, 0.29) is 12.3 Å². The molecule has 0 radical (unpaired) electrons. The topological polar surface area (TPSA) is 71.0 Å². The Labute approximate surface area is 207 Å². The Bertz CT molecular complexity index is 1140. The molecule has 1 saturated heterocycles. The van der Waals surface area contributed by atoms with Crippen LogP contribution in [0.15, 0.2) is 54.9 Å². The van der Waals surface area contributed by atoms with E-state index >= 15 is 0 Å². The van der Waals surface area contributed by atoms with E-state index in [2.05, 4.69) is 51.1 Å². The van der Waals surface area contributed by atoms with Gasteiger partial charge in [0.15, 0.2) is 0 Å². The second-order valence-corrected chi connectivity index (χ2v) is 8.85. The number of hydrogen-bond donors (Lipinski definition) is 0. The first-order valence-corrected chi connectivity index (χ1v) is 11.8. The van der Waals surface area contributed by atoms with Gasteiger partial charge in [0, 0.05) is 57.5 Å². The predicted octanol–water partition coefficient (Wildman–Crippen LogP) is 3.04. The number of methoxy groups -OCH3 is 2. The van der Waals surface area contributed by atoms with Gasteiger partial charge in [-0.25, -0.2) is 9.97 Å². The molecule has 4 rings (SSSR count). The lowest BCUT2D eigenvalue weighted by molar-refractivity contribution is -0.117. The minimum atomic E-state index is -0.0815. The van der Waals surface area contributed by atoms with Gasteiger partial charge in [0.2, 0.25) is 5.91 Å². The van der Waals surface area contributed by atoms with Crippen molar-refractivity contribution in [1.29, 1.82) is 0 Å². The van der Waals surface area contributed by atoms with E-state index in [0.29, 0.717) is 23.7 Å². The third-order valence-corrected chi connectivity index (χ3v) is 6.36. The molecule has 8 nitrogen and oxygen atoms in total. The maximum atomic E-state index is 13.0. The van der Waals surface area contributed by atoms with E-state index in [9.17, 15) is 4.79 Å². The molecular weight excluding hydrogens is 442 g/mol. The number of likely N-dealkylation sites (N-methyl/N-ethyl adjacent to an activating group) is 2. The van der Waals surface area contributed by atoms with E-state index in [4.69, 9.17) is 9.47 Å². The van der Waals surface area contributed by atoms with Gasteiger partial charge in [-0.3, -0.25) is 9.69 Å². The van der Waals surface area contributed by atoms with Gasteiger partial charge in [0.25, 0.3) is 0 Å². The molecule has 0 aliphatic carbocycles. The molecule has 1 aromatic heterocycles. The van der Waals surface area contributed by atoms with E-state index in [0.717, 1.165) is 37.4 Å². The number of benzene rings is 2. The number of carbonyl (C=O) groups excluding carboxylic acids is 1. The Morgan fingerprint density at radius 1 is 0.943 bits per heavy atom. The van der Waals surface area contributed by atoms with E-state index in [1.54, 1.807) is 32.2 Å². The van der Waals surface area contributed by atoms with Gasteiger partial charge in [0.05, 0.1) is 26.3 Å². The monoisotopic (exact) mass is 475 g/mol. The normalized spacial score (nSPS) is 14.0. The van der Waals surface area contributed by atoms with Crippen LogP contribution in [0, 0.1) is 0 Å². The smallest absolute Gasteiger partial charge is 0.232 e. The fourth-order valence-corrected chi connectivity index (χ4v) is 4.19. The number of hydrogen-bond acceptors (Lipinski definition) is 7. The van der Waals surface area contributed by atoms with Crippen LogP contribution < -0.4 is 19.3 Å². The summed E-state index contributed by atoms with van der Waals surface area (Å²) in [7, 11) is 7.08. The van der Waals surface area contributed by atoms with Crippen molar-refractivity contribution in [2.45, 2.75) is 12.8 Å². The second kappa shape index (κ2) is 11.2. The van der Waals surface area contributed by atoms with Crippen molar-refractivity contribution in [3.63, 3.8) is 0 Å². The second-order valence-electron chi connectivity index (χ2n) is 8.85. The van der Waals surface area contributed by atoms with Gasteiger partial charge in [0.1, 0.15) is 23.6 Å². The number of carbonyl (C=O) groups is 1. The molecule has 0 unspecified atom stereocenters. The fourth-order valence-electron chi connectivity index (χ4n) is 4.19. The number of aromatic nitrogens is 2. The molecule has 35 heavy (non-hydrogen) atoms. The standard InChI is InChI=1S/C27H33N5O3/c1-30-8-10-32(11-9-30)23-7-5-6-20(13-23)12-22-17-26(29-19-28-22)31(2)27(33)16-21-14-24(34-3)18-25(15-21)35-4/h5-7,13-15,17-19H,8-12,16H2,1-4H3. The number of piperazine rings is 1. The maximum absolute atomic E-state index is 13.0. The van der Waals surface area contributed by atoms with Crippen LogP contribution in [0.25, 0.3) is 0 Å². The highest BCUT2D eigenvalue weighted by molar-refractivity contribution is 5.93. The van der Waals surface area contributed by atoms with E-state index < -0.39 is 0 Å². The molecule has 2 heterocycles. The highest BCUT2D eigenvalue weighted by Crippen LogP contribution is 2.24. The number of nitrogens with zero attached hydrogens (tertiary/aromatic N) is 5. The minimum Gasteiger partial charge on any atom is -0.497 e. The van der Waals surface area contributed by atoms with Crippen LogP contribution in [0.4, 0.5) is 11.5 Å². The first-order chi connectivity index (χ1) is 16.9. The molecule has 2 aromatic carbocycles. The zero-order valence-electron chi connectivity index (χ0n) is 20.9. The minimum absolute atomic E-state index is 0.0815. The highest BCUT2D eigenvalue weighted by Gasteiger charge is 2.17. The lowest BCUT2D eigenvalue weighted by Crippen LogP contribution is -2.44. The van der Waals surface area contributed by atoms with Crippen LogP contribution in [0.5, 0.6) is 11.5 Å². The van der Waals surface area contributed by atoms with Gasteiger partial charge in [-0.15, -0.1) is 0 Å². The van der Waals surface area contributed by atoms with Gasteiger partial charge >= 0.3 is 0 Å². The summed E-state index contributed by atoms with van der Waals surface area (Å²) in [4.78, 5) is 28.1. The van der Waals surface area contributed by atoms with Crippen LogP contribution in [0.2, 0.25) is 0 Å². The van der Waals surface area contributed by atoms with Crippen molar-refractivity contribution >= 4 is 17.4 Å². The van der Waals surface area contributed by atoms with Crippen molar-refractivity contribution in [2.75, 3.05) is 64.3 Å². The third kappa shape index (κ3) is 6.27. The third-order valence-electron chi connectivity index (χ3n) is 6.36. The van der Waals surface area contributed by atoms with Crippen LogP contribution >= 0.6 is 0 Å². The molecule has 184 valence electrons. The van der Waals surface area contributed by atoms with Crippen molar-refractivity contribution in [2.24, 2.45) is 0 Å². The molecule has 0 N–H and O–H groups in total. The average Bonchev–Trinajstić information content (AvgIpc) is 2.88. The summed E-state index contributed by atoms with van der Waals surface area (Å²) in [5.74, 6) is 1.79. The van der Waals surface area contributed by atoms with Gasteiger partial charge < -0.3 is 19.3 Å². The molecule has 0 atom stereocenters. The molecule has 0 spiro atoms. The lowest BCUT2D eigenvalue weighted by Gasteiger charge is -2.34. The summed E-state index contributed by atoms with van der Waals surface area (Å²) < 4.78 is 10.6. The zero-order valence-corrected chi connectivity index (χ0v) is 20.9. The number of ether oxygens (including phenoxy) is 2. The zero-order chi connectivity index (χ0) is 24.8. The molecule has 0 bridgehead atoms. The van der Waals surface area contributed by atoms with Crippen LogP contribution in [0.3, 0.4) is 0 Å². The number of rotatable bonds is 8. The summed E-state index contributed by atoms with van der Waals surface area (Å²) in [6, 6.07) is 16.0. The van der Waals surface area contributed by atoms with Crippen LogP contribution in [-0.4, -0.2) is 75.3 Å². The van der Waals surface area contributed by atoms with Gasteiger partial charge in [-0.05, 0) is 42.4 Å². The van der Waals surface area contributed by atoms with Crippen molar-refractivity contribution in [3.05, 3.63) is 71.7 Å².